The highest BCUT2D eigenvalue weighted by Crippen LogP contribution is 2.36. The summed E-state index contributed by atoms with van der Waals surface area (Å²) in [5, 5.41) is 5.21. The van der Waals surface area contributed by atoms with E-state index in [0.29, 0.717) is 25.6 Å². The first-order valence-corrected chi connectivity index (χ1v) is 11.5. The Kier molecular flexibility index (Phi) is 4.84. The third kappa shape index (κ3) is 3.67. The number of hydrogen-bond donors (Lipinski definition) is 1. The number of primary sulfonamides is 1. The van der Waals surface area contributed by atoms with Gasteiger partial charge in [-0.05, 0) is 68.6 Å². The molecule has 144 valence electrons. The molecular weight excluding hydrogens is 382 g/mol. The van der Waals surface area contributed by atoms with Crippen molar-refractivity contribution in [3.63, 3.8) is 0 Å². The molecule has 1 fully saturated rings. The number of benzene rings is 1. The highest BCUT2D eigenvalue weighted by Gasteiger charge is 2.32. The van der Waals surface area contributed by atoms with Gasteiger partial charge in [0.15, 0.2) is 0 Å². The molecule has 2 N–H and O–H groups in total. The van der Waals surface area contributed by atoms with Crippen LogP contribution in [0, 0.1) is 6.92 Å². The van der Waals surface area contributed by atoms with Gasteiger partial charge in [0, 0.05) is 28.0 Å². The van der Waals surface area contributed by atoms with Crippen molar-refractivity contribution in [2.75, 3.05) is 24.5 Å². The van der Waals surface area contributed by atoms with Gasteiger partial charge in [-0.15, -0.1) is 11.3 Å². The molecule has 1 saturated heterocycles. The zero-order valence-electron chi connectivity index (χ0n) is 15.2. The summed E-state index contributed by atoms with van der Waals surface area (Å²) >= 11 is 1.81. The molecule has 8 heteroatoms. The summed E-state index contributed by atoms with van der Waals surface area (Å²) in [5.41, 5.74) is 1.66. The molecule has 1 aromatic heterocycles. The highest BCUT2D eigenvalue weighted by molar-refractivity contribution is 7.89. The standard InChI is InChI=1S/C19H23N3O3S2/c1-13-4-7-18(26-13)17-3-2-9-21(17)12-19(23)22-10-8-14-11-15(27(20,24)25)5-6-16(14)22/h4-7,11,17H,2-3,8-10,12H2,1H3,(H2,20,24,25). The Balaban J connectivity index is 1.50. The number of hydrogen-bond acceptors (Lipinski definition) is 5. The number of amides is 1. The van der Waals surface area contributed by atoms with Gasteiger partial charge in [-0.25, -0.2) is 13.6 Å². The van der Waals surface area contributed by atoms with E-state index in [2.05, 4.69) is 24.0 Å². The molecule has 0 saturated carbocycles. The van der Waals surface area contributed by atoms with Gasteiger partial charge in [-0.1, -0.05) is 0 Å². The zero-order valence-corrected chi connectivity index (χ0v) is 16.9. The number of rotatable bonds is 4. The second-order valence-electron chi connectivity index (χ2n) is 7.21. The second-order valence-corrected chi connectivity index (χ2v) is 10.1. The van der Waals surface area contributed by atoms with E-state index >= 15 is 0 Å². The second kappa shape index (κ2) is 7.01. The van der Waals surface area contributed by atoms with Crippen LogP contribution in [0.25, 0.3) is 0 Å². The summed E-state index contributed by atoms with van der Waals surface area (Å²) in [4.78, 5) is 19.7. The zero-order chi connectivity index (χ0) is 19.2. The maximum atomic E-state index is 13.0. The molecule has 0 spiro atoms. The van der Waals surface area contributed by atoms with E-state index < -0.39 is 10.0 Å². The minimum atomic E-state index is -3.73. The molecule has 2 aliphatic heterocycles. The Morgan fingerprint density at radius 2 is 2.07 bits per heavy atom. The van der Waals surface area contributed by atoms with Crippen LogP contribution in [0.4, 0.5) is 5.69 Å². The first-order valence-electron chi connectivity index (χ1n) is 9.09. The fourth-order valence-electron chi connectivity index (χ4n) is 4.04. The number of likely N-dealkylation sites (tertiary alicyclic amines) is 1. The highest BCUT2D eigenvalue weighted by atomic mass is 32.2. The number of fused-ring (bicyclic) bond motifs is 1. The molecule has 0 radical (unpaired) electrons. The molecular formula is C19H23N3O3S2. The summed E-state index contributed by atoms with van der Waals surface area (Å²) in [6, 6.07) is 9.40. The molecule has 1 amide bonds. The minimum Gasteiger partial charge on any atom is -0.311 e. The molecule has 27 heavy (non-hydrogen) atoms. The van der Waals surface area contributed by atoms with Crippen LogP contribution in [0.1, 0.15) is 34.2 Å². The van der Waals surface area contributed by atoms with Crippen molar-refractivity contribution in [3.8, 4) is 0 Å². The van der Waals surface area contributed by atoms with Gasteiger partial charge < -0.3 is 4.90 Å². The molecule has 3 heterocycles. The van der Waals surface area contributed by atoms with Crippen LogP contribution in [-0.4, -0.2) is 38.9 Å². The average Bonchev–Trinajstić information content (AvgIpc) is 3.32. The van der Waals surface area contributed by atoms with Crippen LogP contribution in [0.3, 0.4) is 0 Å². The lowest BCUT2D eigenvalue weighted by atomic mass is 10.2. The van der Waals surface area contributed by atoms with E-state index in [0.717, 1.165) is 30.6 Å². The van der Waals surface area contributed by atoms with E-state index in [1.54, 1.807) is 28.4 Å². The number of aryl methyl sites for hydroxylation is 1. The van der Waals surface area contributed by atoms with Crippen molar-refractivity contribution in [2.45, 2.75) is 37.1 Å². The molecule has 0 bridgehead atoms. The monoisotopic (exact) mass is 405 g/mol. The SMILES string of the molecule is Cc1ccc(C2CCCN2CC(=O)N2CCc3cc(S(N)(=O)=O)ccc32)s1. The van der Waals surface area contributed by atoms with Gasteiger partial charge in [0.2, 0.25) is 15.9 Å². The van der Waals surface area contributed by atoms with Crippen molar-refractivity contribution in [1.29, 1.82) is 0 Å². The Morgan fingerprint density at radius 3 is 2.78 bits per heavy atom. The van der Waals surface area contributed by atoms with Crippen molar-refractivity contribution in [1.82, 2.24) is 4.90 Å². The van der Waals surface area contributed by atoms with E-state index in [4.69, 9.17) is 5.14 Å². The topological polar surface area (TPSA) is 83.7 Å². The molecule has 1 unspecified atom stereocenters. The van der Waals surface area contributed by atoms with Crippen LogP contribution >= 0.6 is 11.3 Å². The van der Waals surface area contributed by atoms with Crippen molar-refractivity contribution >= 4 is 33.0 Å². The number of carbonyl (C=O) groups is 1. The number of sulfonamides is 1. The van der Waals surface area contributed by atoms with Crippen LogP contribution in [0.15, 0.2) is 35.2 Å². The number of nitrogens with zero attached hydrogens (tertiary/aromatic N) is 2. The van der Waals surface area contributed by atoms with Crippen LogP contribution in [-0.2, 0) is 21.2 Å². The van der Waals surface area contributed by atoms with Crippen LogP contribution < -0.4 is 10.0 Å². The first-order chi connectivity index (χ1) is 12.8. The van der Waals surface area contributed by atoms with E-state index in [1.807, 2.05) is 0 Å². The van der Waals surface area contributed by atoms with E-state index in [1.165, 1.54) is 15.8 Å². The number of carbonyl (C=O) groups excluding carboxylic acids is 1. The lowest BCUT2D eigenvalue weighted by Gasteiger charge is -2.26. The minimum absolute atomic E-state index is 0.0669. The number of thiophene rings is 1. The fraction of sp³-hybridized carbons (Fsp3) is 0.421. The normalized spacial score (nSPS) is 20.2. The van der Waals surface area contributed by atoms with Gasteiger partial charge >= 0.3 is 0 Å². The quantitative estimate of drug-likeness (QED) is 0.847. The number of anilines is 1. The summed E-state index contributed by atoms with van der Waals surface area (Å²) < 4.78 is 23.1. The van der Waals surface area contributed by atoms with Crippen LogP contribution in [0.2, 0.25) is 0 Å². The molecule has 2 aromatic rings. The first kappa shape index (κ1) is 18.6. The lowest BCUT2D eigenvalue weighted by Crippen LogP contribution is -2.39. The summed E-state index contributed by atoms with van der Waals surface area (Å²) in [7, 11) is -3.73. The van der Waals surface area contributed by atoms with Crippen molar-refractivity contribution < 1.29 is 13.2 Å². The van der Waals surface area contributed by atoms with E-state index in [-0.39, 0.29) is 10.8 Å². The molecule has 1 atom stereocenters. The Hall–Kier alpha value is -1.74. The number of nitrogens with two attached hydrogens (primary N) is 1. The van der Waals surface area contributed by atoms with Gasteiger partial charge in [0.25, 0.3) is 0 Å². The van der Waals surface area contributed by atoms with Crippen LogP contribution in [0.5, 0.6) is 0 Å². The molecule has 2 aliphatic rings. The van der Waals surface area contributed by atoms with E-state index in [9.17, 15) is 13.2 Å². The third-order valence-electron chi connectivity index (χ3n) is 5.37. The largest absolute Gasteiger partial charge is 0.311 e. The summed E-state index contributed by atoms with van der Waals surface area (Å²) in [6.45, 7) is 4.00. The molecule has 4 rings (SSSR count). The molecule has 6 nitrogen and oxygen atoms in total. The summed E-state index contributed by atoms with van der Waals surface area (Å²) in [6.07, 6.45) is 2.84. The predicted molar refractivity (Wildman–Crippen MR) is 106 cm³/mol. The van der Waals surface area contributed by atoms with Gasteiger partial charge in [-0.3, -0.25) is 9.69 Å². The average molecular weight is 406 g/mol. The smallest absolute Gasteiger partial charge is 0.241 e. The summed E-state index contributed by atoms with van der Waals surface area (Å²) in [5.74, 6) is 0.0669. The molecule has 1 aromatic carbocycles. The Morgan fingerprint density at radius 1 is 1.26 bits per heavy atom. The van der Waals surface area contributed by atoms with Gasteiger partial charge in [0.1, 0.15) is 0 Å². The van der Waals surface area contributed by atoms with Crippen molar-refractivity contribution in [2.24, 2.45) is 5.14 Å². The van der Waals surface area contributed by atoms with Gasteiger partial charge in [-0.2, -0.15) is 0 Å². The maximum absolute atomic E-state index is 13.0. The predicted octanol–water partition coefficient (Wildman–Crippen LogP) is 2.43. The third-order valence-corrected chi connectivity index (χ3v) is 7.38. The Bertz CT molecular complexity index is 984. The molecule has 0 aliphatic carbocycles. The van der Waals surface area contributed by atoms with Crippen molar-refractivity contribution in [3.05, 3.63) is 45.6 Å². The maximum Gasteiger partial charge on any atom is 0.241 e. The fourth-order valence-corrected chi connectivity index (χ4v) is 5.65. The van der Waals surface area contributed by atoms with Gasteiger partial charge in [0.05, 0.1) is 11.4 Å². The lowest BCUT2D eigenvalue weighted by molar-refractivity contribution is -0.119. The Labute approximate surface area is 163 Å².